The molecule has 1 aromatic rings. The molecule has 2 rings (SSSR count). The number of amides is 2. The summed E-state index contributed by atoms with van der Waals surface area (Å²) in [6.45, 7) is 5.80. The monoisotopic (exact) mass is 311 g/mol. The normalized spacial score (nSPS) is 22.0. The highest BCUT2D eigenvalue weighted by atomic mass is 32.1. The molecule has 6 heteroatoms. The van der Waals surface area contributed by atoms with Crippen LogP contribution in [0.15, 0.2) is 5.38 Å². The molecule has 1 aliphatic rings. The van der Waals surface area contributed by atoms with Crippen molar-refractivity contribution in [3.8, 4) is 0 Å². The number of rotatable bonds is 6. The van der Waals surface area contributed by atoms with Crippen molar-refractivity contribution in [2.45, 2.75) is 52.2 Å². The number of aromatic nitrogens is 1. The average molecular weight is 311 g/mol. The lowest BCUT2D eigenvalue weighted by atomic mass is 9.88. The number of thiazole rings is 1. The van der Waals surface area contributed by atoms with Gasteiger partial charge in [0, 0.05) is 17.6 Å². The Bertz CT molecular complexity index is 450. The van der Waals surface area contributed by atoms with Crippen LogP contribution in [0.25, 0.3) is 0 Å². The summed E-state index contributed by atoms with van der Waals surface area (Å²) in [5.41, 5.74) is 0.993. The van der Waals surface area contributed by atoms with E-state index in [1.807, 2.05) is 12.3 Å². The maximum atomic E-state index is 11.6. The fourth-order valence-corrected chi connectivity index (χ4v) is 3.32. The third kappa shape index (κ3) is 5.63. The first-order chi connectivity index (χ1) is 10.1. The number of carbonyl (C=O) groups is 1. The Balaban J connectivity index is 1.54. The average Bonchev–Trinajstić information content (AvgIpc) is 2.89. The van der Waals surface area contributed by atoms with Gasteiger partial charge in [-0.2, -0.15) is 0 Å². The largest absolute Gasteiger partial charge is 0.376 e. The lowest BCUT2D eigenvalue weighted by Crippen LogP contribution is -2.38. The first kappa shape index (κ1) is 16.2. The van der Waals surface area contributed by atoms with Gasteiger partial charge in [-0.3, -0.25) is 0 Å². The lowest BCUT2D eigenvalue weighted by molar-refractivity contribution is -0.00243. The molecule has 5 nitrogen and oxygen atoms in total. The number of nitrogens with zero attached hydrogens (tertiary/aromatic N) is 1. The Morgan fingerprint density at radius 2 is 2.24 bits per heavy atom. The molecule has 118 valence electrons. The van der Waals surface area contributed by atoms with Crippen LogP contribution in [-0.4, -0.2) is 30.3 Å². The topological polar surface area (TPSA) is 63.2 Å². The van der Waals surface area contributed by atoms with Crippen molar-refractivity contribution in [3.05, 3.63) is 16.1 Å². The molecule has 2 atom stereocenters. The highest BCUT2D eigenvalue weighted by Crippen LogP contribution is 2.25. The third-order valence-corrected chi connectivity index (χ3v) is 4.79. The van der Waals surface area contributed by atoms with Crippen molar-refractivity contribution >= 4 is 17.4 Å². The number of nitrogens with one attached hydrogen (secondary N) is 2. The second-order valence-electron chi connectivity index (χ2n) is 5.66. The summed E-state index contributed by atoms with van der Waals surface area (Å²) < 4.78 is 5.86. The van der Waals surface area contributed by atoms with Gasteiger partial charge in [-0.15, -0.1) is 11.3 Å². The van der Waals surface area contributed by atoms with Gasteiger partial charge in [0.1, 0.15) is 5.01 Å². The van der Waals surface area contributed by atoms with Crippen LogP contribution < -0.4 is 10.6 Å². The molecule has 2 amide bonds. The van der Waals surface area contributed by atoms with Gasteiger partial charge < -0.3 is 15.4 Å². The summed E-state index contributed by atoms with van der Waals surface area (Å²) in [7, 11) is 0. The maximum absolute atomic E-state index is 11.6. The van der Waals surface area contributed by atoms with E-state index in [0.717, 1.165) is 17.1 Å². The Labute approximate surface area is 130 Å². The fraction of sp³-hybridized carbons (Fsp3) is 0.733. The molecule has 0 aliphatic heterocycles. The minimum atomic E-state index is -0.164. The maximum Gasteiger partial charge on any atom is 0.315 e. The van der Waals surface area contributed by atoms with Gasteiger partial charge in [-0.05, 0) is 25.7 Å². The van der Waals surface area contributed by atoms with Crippen LogP contribution in [0, 0.1) is 12.8 Å². The number of carbonyl (C=O) groups excluding carboxylic acids is 1. The van der Waals surface area contributed by atoms with Crippen molar-refractivity contribution in [2.24, 2.45) is 5.92 Å². The van der Waals surface area contributed by atoms with Crippen LogP contribution in [-0.2, 0) is 11.3 Å². The van der Waals surface area contributed by atoms with E-state index >= 15 is 0 Å². The molecule has 0 radical (unpaired) electrons. The predicted octanol–water partition coefficient (Wildman–Crippen LogP) is 2.85. The zero-order valence-corrected chi connectivity index (χ0v) is 13.7. The van der Waals surface area contributed by atoms with Crippen LogP contribution in [0.1, 0.15) is 43.3 Å². The van der Waals surface area contributed by atoms with Gasteiger partial charge in [-0.1, -0.05) is 19.8 Å². The molecular formula is C15H25N3O2S. The van der Waals surface area contributed by atoms with E-state index in [9.17, 15) is 4.79 Å². The molecular weight excluding hydrogens is 286 g/mol. The van der Waals surface area contributed by atoms with Crippen LogP contribution in [0.5, 0.6) is 0 Å². The van der Waals surface area contributed by atoms with E-state index in [1.54, 1.807) is 11.3 Å². The Hall–Kier alpha value is -1.14. The minimum Gasteiger partial charge on any atom is -0.376 e. The van der Waals surface area contributed by atoms with Gasteiger partial charge in [0.25, 0.3) is 0 Å². The van der Waals surface area contributed by atoms with E-state index in [0.29, 0.717) is 31.7 Å². The third-order valence-electron chi connectivity index (χ3n) is 3.82. The Kier molecular flexibility index (Phi) is 6.45. The first-order valence-electron chi connectivity index (χ1n) is 7.69. The zero-order valence-electron chi connectivity index (χ0n) is 12.9. The second-order valence-corrected chi connectivity index (χ2v) is 6.61. The molecule has 0 unspecified atom stereocenters. The number of ether oxygens (including phenoxy) is 1. The molecule has 0 aromatic carbocycles. The second kappa shape index (κ2) is 8.34. The van der Waals surface area contributed by atoms with E-state index in [-0.39, 0.29) is 6.03 Å². The summed E-state index contributed by atoms with van der Waals surface area (Å²) in [5.74, 6) is 0.640. The standard InChI is InChI=1S/C15H25N3O2S/c1-11-5-3-4-6-13(11)20-8-7-16-15(19)17-9-14-18-12(2)10-21-14/h10-11,13H,3-9H2,1-2H3,(H2,16,17,19)/t11-,13-/m0/s1. The molecule has 1 saturated carbocycles. The summed E-state index contributed by atoms with van der Waals surface area (Å²) >= 11 is 1.56. The Morgan fingerprint density at radius 1 is 1.43 bits per heavy atom. The minimum absolute atomic E-state index is 0.164. The van der Waals surface area contributed by atoms with Crippen molar-refractivity contribution in [1.82, 2.24) is 15.6 Å². The van der Waals surface area contributed by atoms with Crippen LogP contribution in [0.2, 0.25) is 0 Å². The predicted molar refractivity (Wildman–Crippen MR) is 84.5 cm³/mol. The van der Waals surface area contributed by atoms with Crippen molar-refractivity contribution < 1.29 is 9.53 Å². The molecule has 1 aromatic heterocycles. The zero-order chi connectivity index (χ0) is 15.1. The highest BCUT2D eigenvalue weighted by molar-refractivity contribution is 7.09. The summed E-state index contributed by atoms with van der Waals surface area (Å²) in [4.78, 5) is 15.9. The Morgan fingerprint density at radius 3 is 2.95 bits per heavy atom. The summed E-state index contributed by atoms with van der Waals surface area (Å²) in [6.07, 6.45) is 5.35. The molecule has 1 aliphatic carbocycles. The first-order valence-corrected chi connectivity index (χ1v) is 8.57. The highest BCUT2D eigenvalue weighted by Gasteiger charge is 2.21. The van der Waals surface area contributed by atoms with Crippen LogP contribution in [0.4, 0.5) is 4.79 Å². The number of aryl methyl sites for hydroxylation is 1. The lowest BCUT2D eigenvalue weighted by Gasteiger charge is -2.28. The van der Waals surface area contributed by atoms with Crippen LogP contribution in [0.3, 0.4) is 0 Å². The smallest absolute Gasteiger partial charge is 0.315 e. The molecule has 0 saturated heterocycles. The number of hydrogen-bond donors (Lipinski definition) is 2. The molecule has 21 heavy (non-hydrogen) atoms. The molecule has 1 fully saturated rings. The summed E-state index contributed by atoms with van der Waals surface area (Å²) in [5, 5.41) is 8.52. The van der Waals surface area contributed by atoms with Gasteiger partial charge in [0.15, 0.2) is 0 Å². The van der Waals surface area contributed by atoms with Gasteiger partial charge in [0.05, 0.1) is 19.3 Å². The van der Waals surface area contributed by atoms with Crippen molar-refractivity contribution in [2.75, 3.05) is 13.2 Å². The molecule has 2 N–H and O–H groups in total. The van der Waals surface area contributed by atoms with Gasteiger partial charge >= 0.3 is 6.03 Å². The van der Waals surface area contributed by atoms with Crippen LogP contribution >= 0.6 is 11.3 Å². The molecule has 0 bridgehead atoms. The number of hydrogen-bond acceptors (Lipinski definition) is 4. The SMILES string of the molecule is Cc1csc(CNC(=O)NCCO[C@H]2CCCC[C@@H]2C)n1. The fourth-order valence-electron chi connectivity index (χ4n) is 2.61. The van der Waals surface area contributed by atoms with Crippen molar-refractivity contribution in [1.29, 1.82) is 0 Å². The molecule has 1 heterocycles. The van der Waals surface area contributed by atoms with Gasteiger partial charge in [-0.25, -0.2) is 9.78 Å². The van der Waals surface area contributed by atoms with E-state index < -0.39 is 0 Å². The van der Waals surface area contributed by atoms with E-state index in [1.165, 1.54) is 19.3 Å². The number of urea groups is 1. The van der Waals surface area contributed by atoms with Gasteiger partial charge in [0.2, 0.25) is 0 Å². The van der Waals surface area contributed by atoms with Crippen molar-refractivity contribution in [3.63, 3.8) is 0 Å². The van der Waals surface area contributed by atoms with E-state index in [2.05, 4.69) is 22.5 Å². The quantitative estimate of drug-likeness (QED) is 0.794. The summed E-state index contributed by atoms with van der Waals surface area (Å²) in [6, 6.07) is -0.164. The molecule has 0 spiro atoms. The van der Waals surface area contributed by atoms with E-state index in [4.69, 9.17) is 4.74 Å².